The lowest BCUT2D eigenvalue weighted by atomic mass is 9.76. The third kappa shape index (κ3) is 3.75. The van der Waals surface area contributed by atoms with Gasteiger partial charge in [0, 0.05) is 30.0 Å². The Morgan fingerprint density at radius 1 is 1.10 bits per heavy atom. The molecule has 3 aromatic carbocycles. The number of fused-ring (bicyclic) bond motifs is 3. The Morgan fingerprint density at radius 3 is 2.74 bits per heavy atom. The van der Waals surface area contributed by atoms with Crippen molar-refractivity contribution in [2.45, 2.75) is 25.3 Å². The van der Waals surface area contributed by atoms with Crippen molar-refractivity contribution in [3.63, 3.8) is 0 Å². The maximum absolute atomic E-state index is 10.9. The van der Waals surface area contributed by atoms with Gasteiger partial charge in [-0.1, -0.05) is 54.1 Å². The third-order valence-corrected chi connectivity index (χ3v) is 6.21. The van der Waals surface area contributed by atoms with Crippen molar-refractivity contribution >= 4 is 23.3 Å². The maximum atomic E-state index is 10.9. The van der Waals surface area contributed by atoms with E-state index in [0.717, 1.165) is 12.1 Å². The van der Waals surface area contributed by atoms with Crippen molar-refractivity contribution in [2.24, 2.45) is 10.9 Å². The highest BCUT2D eigenvalue weighted by molar-refractivity contribution is 5.82. The SMILES string of the molecule is Cc1ccc2c(c1)[C@@H]1C=CC[C@@H]1[C@H](c1ccc(N=Cc3cccc([N+](=O)[O-])c3)cc1)N2. The van der Waals surface area contributed by atoms with E-state index in [-0.39, 0.29) is 11.7 Å². The van der Waals surface area contributed by atoms with Crippen LogP contribution in [-0.2, 0) is 0 Å². The zero-order valence-electron chi connectivity index (χ0n) is 17.2. The lowest BCUT2D eigenvalue weighted by Crippen LogP contribution is -2.29. The van der Waals surface area contributed by atoms with Gasteiger partial charge in [0.25, 0.3) is 5.69 Å². The van der Waals surface area contributed by atoms with Gasteiger partial charge in [0.2, 0.25) is 0 Å². The Labute approximate surface area is 181 Å². The molecule has 5 nitrogen and oxygen atoms in total. The number of hydrogen-bond acceptors (Lipinski definition) is 4. The number of benzene rings is 3. The van der Waals surface area contributed by atoms with Gasteiger partial charge in [0.05, 0.1) is 16.7 Å². The van der Waals surface area contributed by atoms with Gasteiger partial charge in [-0.15, -0.1) is 0 Å². The molecule has 0 amide bonds. The fourth-order valence-electron chi connectivity index (χ4n) is 4.68. The average Bonchev–Trinajstić information content (AvgIpc) is 3.28. The highest BCUT2D eigenvalue weighted by Crippen LogP contribution is 2.50. The van der Waals surface area contributed by atoms with E-state index < -0.39 is 4.92 Å². The summed E-state index contributed by atoms with van der Waals surface area (Å²) in [7, 11) is 0. The Hall–Kier alpha value is -3.73. The Balaban J connectivity index is 1.37. The van der Waals surface area contributed by atoms with Crippen LogP contribution in [0, 0.1) is 23.0 Å². The molecule has 3 atom stereocenters. The van der Waals surface area contributed by atoms with Crippen LogP contribution in [0.4, 0.5) is 17.1 Å². The van der Waals surface area contributed by atoms with Gasteiger partial charge in [0.15, 0.2) is 0 Å². The van der Waals surface area contributed by atoms with Crippen LogP contribution in [0.5, 0.6) is 0 Å². The number of nitro groups is 1. The molecule has 0 fully saturated rings. The maximum Gasteiger partial charge on any atom is 0.270 e. The zero-order valence-corrected chi connectivity index (χ0v) is 17.2. The minimum atomic E-state index is -0.395. The highest BCUT2D eigenvalue weighted by atomic mass is 16.6. The molecular formula is C26H23N3O2. The largest absolute Gasteiger partial charge is 0.378 e. The average molecular weight is 409 g/mol. The first-order valence-corrected chi connectivity index (χ1v) is 10.5. The third-order valence-electron chi connectivity index (χ3n) is 6.21. The molecule has 0 radical (unpaired) electrons. The van der Waals surface area contributed by atoms with Crippen LogP contribution >= 0.6 is 0 Å². The second-order valence-corrected chi connectivity index (χ2v) is 8.27. The molecule has 1 aliphatic carbocycles. The number of non-ortho nitro benzene ring substituents is 1. The molecule has 5 rings (SSSR count). The van der Waals surface area contributed by atoms with Crippen LogP contribution in [0.25, 0.3) is 0 Å². The van der Waals surface area contributed by atoms with Crippen molar-refractivity contribution in [1.82, 2.24) is 0 Å². The van der Waals surface area contributed by atoms with Crippen LogP contribution in [0.15, 0.2) is 83.9 Å². The summed E-state index contributed by atoms with van der Waals surface area (Å²) in [6.07, 6.45) is 7.40. The fraction of sp³-hybridized carbons (Fsp3) is 0.192. The lowest BCUT2D eigenvalue weighted by Gasteiger charge is -2.37. The topological polar surface area (TPSA) is 67.5 Å². The normalized spacial score (nSPS) is 21.5. The minimum Gasteiger partial charge on any atom is -0.378 e. The number of allylic oxidation sites excluding steroid dienone is 2. The van der Waals surface area contributed by atoms with Crippen LogP contribution in [0.3, 0.4) is 0 Å². The van der Waals surface area contributed by atoms with Gasteiger partial charge in [-0.25, -0.2) is 0 Å². The number of nitrogens with zero attached hydrogens (tertiary/aromatic N) is 2. The molecule has 2 aliphatic rings. The van der Waals surface area contributed by atoms with E-state index in [1.165, 1.54) is 34.5 Å². The molecule has 1 heterocycles. The van der Waals surface area contributed by atoms with E-state index in [9.17, 15) is 10.1 Å². The second-order valence-electron chi connectivity index (χ2n) is 8.27. The summed E-state index contributed by atoms with van der Waals surface area (Å²) in [5.74, 6) is 0.959. The van der Waals surface area contributed by atoms with Gasteiger partial charge in [0.1, 0.15) is 0 Å². The lowest BCUT2D eigenvalue weighted by molar-refractivity contribution is -0.384. The Kier molecular flexibility index (Phi) is 4.86. The van der Waals surface area contributed by atoms with Gasteiger partial charge < -0.3 is 5.32 Å². The second kappa shape index (κ2) is 7.84. The summed E-state index contributed by atoms with van der Waals surface area (Å²) in [6, 6.07) is 21.7. The van der Waals surface area contributed by atoms with E-state index >= 15 is 0 Å². The van der Waals surface area contributed by atoms with E-state index in [2.05, 4.69) is 59.7 Å². The Bertz CT molecular complexity index is 1200. The van der Waals surface area contributed by atoms with Crippen molar-refractivity contribution in [3.05, 3.63) is 111 Å². The molecule has 0 aromatic heterocycles. The number of aryl methyl sites for hydroxylation is 1. The van der Waals surface area contributed by atoms with Gasteiger partial charge in [-0.2, -0.15) is 0 Å². The van der Waals surface area contributed by atoms with E-state index in [0.29, 0.717) is 17.4 Å². The summed E-state index contributed by atoms with van der Waals surface area (Å²) in [4.78, 5) is 15.0. The van der Waals surface area contributed by atoms with Crippen LogP contribution in [-0.4, -0.2) is 11.1 Å². The van der Waals surface area contributed by atoms with Crippen molar-refractivity contribution in [3.8, 4) is 0 Å². The highest BCUT2D eigenvalue weighted by Gasteiger charge is 2.37. The van der Waals surface area contributed by atoms with Gasteiger partial charge in [-0.05, 0) is 54.2 Å². The number of rotatable bonds is 4. The van der Waals surface area contributed by atoms with Crippen molar-refractivity contribution in [2.75, 3.05) is 5.32 Å². The molecule has 3 aromatic rings. The standard InChI is InChI=1S/C26H23N3O2/c1-17-8-13-25-24(14-17)22-6-3-7-23(22)26(28-25)19-9-11-20(12-10-19)27-16-18-4-2-5-21(15-18)29(30)31/h2-6,8-16,22-23,26,28H,7H2,1H3/t22-,23+,26+/m1/s1. The predicted octanol–water partition coefficient (Wildman–Crippen LogP) is 6.48. The van der Waals surface area contributed by atoms with Crippen LogP contribution < -0.4 is 5.32 Å². The molecule has 0 unspecified atom stereocenters. The number of anilines is 1. The van der Waals surface area contributed by atoms with Crippen LogP contribution in [0.2, 0.25) is 0 Å². The number of hydrogen-bond donors (Lipinski definition) is 1. The molecule has 0 bridgehead atoms. The van der Waals surface area contributed by atoms with Gasteiger partial charge >= 0.3 is 0 Å². The first-order valence-electron chi connectivity index (χ1n) is 10.5. The monoisotopic (exact) mass is 409 g/mol. The Morgan fingerprint density at radius 2 is 1.94 bits per heavy atom. The first kappa shape index (κ1) is 19.2. The summed E-state index contributed by atoms with van der Waals surface area (Å²) in [5, 5.41) is 14.7. The molecule has 0 saturated heterocycles. The number of aliphatic imine (C=N–C) groups is 1. The van der Waals surface area contributed by atoms with E-state index in [4.69, 9.17) is 0 Å². The van der Waals surface area contributed by atoms with E-state index in [1.54, 1.807) is 12.3 Å². The van der Waals surface area contributed by atoms with Crippen LogP contribution in [0.1, 0.15) is 40.6 Å². The summed E-state index contributed by atoms with van der Waals surface area (Å²) in [5.41, 5.74) is 6.76. The molecule has 154 valence electrons. The molecule has 1 aliphatic heterocycles. The summed E-state index contributed by atoms with van der Waals surface area (Å²) in [6.45, 7) is 2.15. The summed E-state index contributed by atoms with van der Waals surface area (Å²) < 4.78 is 0. The number of nitro benzene ring substituents is 1. The zero-order chi connectivity index (χ0) is 21.4. The smallest absolute Gasteiger partial charge is 0.270 e. The molecule has 31 heavy (non-hydrogen) atoms. The first-order chi connectivity index (χ1) is 15.1. The van der Waals surface area contributed by atoms with E-state index in [1.807, 2.05) is 18.2 Å². The predicted molar refractivity (Wildman–Crippen MR) is 124 cm³/mol. The summed E-state index contributed by atoms with van der Waals surface area (Å²) >= 11 is 0. The van der Waals surface area contributed by atoms with Crippen molar-refractivity contribution < 1.29 is 4.92 Å². The van der Waals surface area contributed by atoms with Crippen molar-refractivity contribution in [1.29, 1.82) is 0 Å². The molecule has 0 spiro atoms. The molecular weight excluding hydrogens is 386 g/mol. The molecule has 1 N–H and O–H groups in total. The van der Waals surface area contributed by atoms with Gasteiger partial charge in [-0.3, -0.25) is 15.1 Å². The number of nitrogens with one attached hydrogen (secondary N) is 1. The molecule has 5 heteroatoms. The minimum absolute atomic E-state index is 0.0675. The molecule has 0 saturated carbocycles. The fourth-order valence-corrected chi connectivity index (χ4v) is 4.68. The quantitative estimate of drug-likeness (QED) is 0.232.